The van der Waals surface area contributed by atoms with Gasteiger partial charge in [0, 0.05) is 18.8 Å². The molecule has 0 saturated heterocycles. The van der Waals surface area contributed by atoms with Crippen LogP contribution in [0.15, 0.2) is 17.2 Å². The zero-order valence-corrected chi connectivity index (χ0v) is 10.8. The molecule has 2 N–H and O–H groups in total. The Hall–Kier alpha value is -1.34. The van der Waals surface area contributed by atoms with Crippen molar-refractivity contribution >= 4 is 16.0 Å². The zero-order valence-electron chi connectivity index (χ0n) is 9.97. The van der Waals surface area contributed by atoms with Crippen molar-refractivity contribution in [3.63, 3.8) is 0 Å². The maximum Gasteiger partial charge on any atom is 0.352 e. The average Bonchev–Trinajstić information content (AvgIpc) is 2.66. The number of nitrogens with zero attached hydrogens (tertiary/aromatic N) is 1. The number of carbonyl (C=O) groups is 1. The maximum atomic E-state index is 12.2. The number of aromatic amines is 1. The van der Waals surface area contributed by atoms with Crippen molar-refractivity contribution in [2.45, 2.75) is 31.7 Å². The van der Waals surface area contributed by atoms with Crippen molar-refractivity contribution in [2.75, 3.05) is 6.54 Å². The molecule has 0 spiro atoms. The summed E-state index contributed by atoms with van der Waals surface area (Å²) in [7, 11) is -3.62. The van der Waals surface area contributed by atoms with Gasteiger partial charge in [-0.15, -0.1) is 0 Å². The van der Waals surface area contributed by atoms with Gasteiger partial charge in [-0.05, 0) is 19.9 Å². The second kappa shape index (κ2) is 4.89. The molecule has 0 unspecified atom stereocenters. The molecule has 0 atom stereocenters. The van der Waals surface area contributed by atoms with Crippen LogP contribution in [0.5, 0.6) is 0 Å². The molecule has 0 radical (unpaired) electrons. The number of aromatic nitrogens is 1. The Morgan fingerprint density at radius 2 is 2.12 bits per heavy atom. The van der Waals surface area contributed by atoms with Crippen LogP contribution >= 0.6 is 0 Å². The summed E-state index contributed by atoms with van der Waals surface area (Å²) in [6.07, 6.45) is 1.20. The number of H-pyrrole nitrogens is 1. The Morgan fingerprint density at radius 3 is 2.47 bits per heavy atom. The SMILES string of the molecule is CCN(C(C)C)S(=O)(=O)c1c[nH]c(C(=O)O)c1. The minimum Gasteiger partial charge on any atom is -0.477 e. The Labute approximate surface area is 100 Å². The molecule has 0 aliphatic heterocycles. The van der Waals surface area contributed by atoms with E-state index in [-0.39, 0.29) is 16.6 Å². The largest absolute Gasteiger partial charge is 0.477 e. The Balaban J connectivity index is 3.16. The Kier molecular flexibility index (Phi) is 3.94. The van der Waals surface area contributed by atoms with Crippen LogP contribution in [0.2, 0.25) is 0 Å². The predicted octanol–water partition coefficient (Wildman–Crippen LogP) is 1.13. The number of hydrogen-bond donors (Lipinski definition) is 2. The summed E-state index contributed by atoms with van der Waals surface area (Å²) in [5.74, 6) is -1.18. The van der Waals surface area contributed by atoms with Crippen molar-refractivity contribution < 1.29 is 18.3 Å². The van der Waals surface area contributed by atoms with Crippen LogP contribution in [0.3, 0.4) is 0 Å². The minimum atomic E-state index is -3.62. The van der Waals surface area contributed by atoms with Crippen LogP contribution in [-0.4, -0.2) is 41.4 Å². The highest BCUT2D eigenvalue weighted by Crippen LogP contribution is 2.18. The summed E-state index contributed by atoms with van der Waals surface area (Å²) in [6.45, 7) is 5.62. The molecule has 0 fully saturated rings. The number of sulfonamides is 1. The van der Waals surface area contributed by atoms with E-state index in [9.17, 15) is 13.2 Å². The van der Waals surface area contributed by atoms with Crippen LogP contribution in [0.1, 0.15) is 31.3 Å². The van der Waals surface area contributed by atoms with Gasteiger partial charge in [0.1, 0.15) is 10.6 Å². The molecule has 1 heterocycles. The van der Waals surface area contributed by atoms with Crippen molar-refractivity contribution in [3.8, 4) is 0 Å². The molecule has 0 saturated carbocycles. The molecule has 6 nitrogen and oxygen atoms in total. The molecule has 0 bridgehead atoms. The van der Waals surface area contributed by atoms with Gasteiger partial charge < -0.3 is 10.1 Å². The first kappa shape index (κ1) is 13.7. The summed E-state index contributed by atoms with van der Waals surface area (Å²) in [4.78, 5) is 13.1. The van der Waals surface area contributed by atoms with Gasteiger partial charge in [0.2, 0.25) is 10.0 Å². The van der Waals surface area contributed by atoms with Crippen LogP contribution in [0.4, 0.5) is 0 Å². The van der Waals surface area contributed by atoms with Crippen molar-refractivity contribution in [1.82, 2.24) is 9.29 Å². The van der Waals surface area contributed by atoms with Gasteiger partial charge in [-0.3, -0.25) is 0 Å². The van der Waals surface area contributed by atoms with Crippen LogP contribution in [0, 0.1) is 0 Å². The molecule has 1 aromatic heterocycles. The van der Waals surface area contributed by atoms with E-state index in [0.29, 0.717) is 6.54 Å². The van der Waals surface area contributed by atoms with E-state index in [2.05, 4.69) is 4.98 Å². The fourth-order valence-corrected chi connectivity index (χ4v) is 3.24. The highest BCUT2D eigenvalue weighted by molar-refractivity contribution is 7.89. The lowest BCUT2D eigenvalue weighted by atomic mass is 10.4. The first-order chi connectivity index (χ1) is 7.80. The lowest BCUT2D eigenvalue weighted by Crippen LogP contribution is -2.36. The fourth-order valence-electron chi connectivity index (χ4n) is 1.59. The van der Waals surface area contributed by atoms with E-state index in [1.54, 1.807) is 20.8 Å². The number of rotatable bonds is 5. The minimum absolute atomic E-state index is 0.0227. The number of carboxylic acid groups (broad SMARTS) is 1. The van der Waals surface area contributed by atoms with Gasteiger partial charge in [0.25, 0.3) is 0 Å². The highest BCUT2D eigenvalue weighted by atomic mass is 32.2. The topological polar surface area (TPSA) is 90.5 Å². The number of hydrogen-bond acceptors (Lipinski definition) is 3. The first-order valence-electron chi connectivity index (χ1n) is 5.24. The average molecular weight is 260 g/mol. The molecule has 96 valence electrons. The Bertz CT molecular complexity index is 504. The van der Waals surface area contributed by atoms with E-state index < -0.39 is 16.0 Å². The van der Waals surface area contributed by atoms with E-state index in [1.165, 1.54) is 10.5 Å². The zero-order chi connectivity index (χ0) is 13.2. The summed E-state index contributed by atoms with van der Waals surface area (Å²) in [6, 6.07) is 0.955. The highest BCUT2D eigenvalue weighted by Gasteiger charge is 2.27. The molecule has 17 heavy (non-hydrogen) atoms. The van der Waals surface area contributed by atoms with Gasteiger partial charge in [-0.2, -0.15) is 4.31 Å². The molecule has 1 aromatic rings. The molecular weight excluding hydrogens is 244 g/mol. The quantitative estimate of drug-likeness (QED) is 0.830. The molecule has 0 aliphatic carbocycles. The van der Waals surface area contributed by atoms with Gasteiger partial charge in [0.15, 0.2) is 0 Å². The second-order valence-corrected chi connectivity index (χ2v) is 5.75. The van der Waals surface area contributed by atoms with Crippen LogP contribution in [-0.2, 0) is 10.0 Å². The van der Waals surface area contributed by atoms with E-state index in [1.807, 2.05) is 0 Å². The molecule has 1 rings (SSSR count). The van der Waals surface area contributed by atoms with E-state index >= 15 is 0 Å². The van der Waals surface area contributed by atoms with Crippen molar-refractivity contribution in [2.24, 2.45) is 0 Å². The summed E-state index contributed by atoms with van der Waals surface area (Å²) in [5, 5.41) is 8.73. The smallest absolute Gasteiger partial charge is 0.352 e. The van der Waals surface area contributed by atoms with Crippen LogP contribution in [0.25, 0.3) is 0 Å². The standard InChI is InChI=1S/C10H16N2O4S/c1-4-12(7(2)3)17(15,16)8-5-9(10(13)14)11-6-8/h5-7,11H,4H2,1-3H3,(H,13,14). The molecular formula is C10H16N2O4S. The lowest BCUT2D eigenvalue weighted by Gasteiger charge is -2.23. The Morgan fingerprint density at radius 1 is 1.53 bits per heavy atom. The first-order valence-corrected chi connectivity index (χ1v) is 6.68. The van der Waals surface area contributed by atoms with Crippen LogP contribution < -0.4 is 0 Å². The number of carboxylic acids is 1. The van der Waals surface area contributed by atoms with E-state index in [0.717, 1.165) is 6.07 Å². The summed E-state index contributed by atoms with van der Waals surface area (Å²) in [5.41, 5.74) is -0.136. The third-order valence-corrected chi connectivity index (χ3v) is 4.51. The summed E-state index contributed by atoms with van der Waals surface area (Å²) < 4.78 is 25.6. The molecule has 0 aromatic carbocycles. The fraction of sp³-hybridized carbons (Fsp3) is 0.500. The molecule has 0 amide bonds. The van der Waals surface area contributed by atoms with Gasteiger partial charge >= 0.3 is 5.97 Å². The van der Waals surface area contributed by atoms with Gasteiger partial charge in [-0.25, -0.2) is 13.2 Å². The number of nitrogens with one attached hydrogen (secondary N) is 1. The normalized spacial score (nSPS) is 12.3. The summed E-state index contributed by atoms with van der Waals surface area (Å²) >= 11 is 0. The third kappa shape index (κ3) is 2.67. The lowest BCUT2D eigenvalue weighted by molar-refractivity contribution is 0.0691. The number of aromatic carboxylic acids is 1. The van der Waals surface area contributed by atoms with Gasteiger partial charge in [-0.1, -0.05) is 6.92 Å². The molecule has 7 heteroatoms. The monoisotopic (exact) mass is 260 g/mol. The maximum absolute atomic E-state index is 12.2. The predicted molar refractivity (Wildman–Crippen MR) is 62.5 cm³/mol. The van der Waals surface area contributed by atoms with E-state index in [4.69, 9.17) is 5.11 Å². The van der Waals surface area contributed by atoms with Crippen molar-refractivity contribution in [1.29, 1.82) is 0 Å². The second-order valence-electron chi connectivity index (χ2n) is 3.86. The molecule has 0 aliphatic rings. The van der Waals surface area contributed by atoms with Crippen molar-refractivity contribution in [3.05, 3.63) is 18.0 Å². The third-order valence-electron chi connectivity index (χ3n) is 2.38. The van der Waals surface area contributed by atoms with Gasteiger partial charge in [0.05, 0.1) is 0 Å².